The maximum atomic E-state index is 12.1. The fourth-order valence-electron chi connectivity index (χ4n) is 2.13. The first-order chi connectivity index (χ1) is 10.4. The summed E-state index contributed by atoms with van der Waals surface area (Å²) in [6.07, 6.45) is 0. The van der Waals surface area contributed by atoms with E-state index in [1.807, 2.05) is 55.3 Å². The molecule has 118 valence electrons. The summed E-state index contributed by atoms with van der Waals surface area (Å²) in [6.45, 7) is 3.06. The molecule has 1 aromatic carbocycles. The number of halogens is 2. The van der Waals surface area contributed by atoms with Crippen LogP contribution in [0.3, 0.4) is 0 Å². The lowest BCUT2D eigenvalue weighted by Crippen LogP contribution is -2.36. The van der Waals surface area contributed by atoms with Gasteiger partial charge in [0.2, 0.25) is 5.91 Å². The van der Waals surface area contributed by atoms with Crippen molar-refractivity contribution in [3.8, 4) is 0 Å². The molecule has 0 aliphatic rings. The second kappa shape index (κ2) is 8.11. The van der Waals surface area contributed by atoms with Gasteiger partial charge in [0.05, 0.1) is 16.9 Å². The Morgan fingerprint density at radius 3 is 2.59 bits per heavy atom. The van der Waals surface area contributed by atoms with E-state index in [1.165, 1.54) is 0 Å². The first-order valence-electron chi connectivity index (χ1n) is 6.91. The van der Waals surface area contributed by atoms with Gasteiger partial charge in [-0.05, 0) is 43.8 Å². The van der Waals surface area contributed by atoms with Crippen LogP contribution in [-0.2, 0) is 11.3 Å². The van der Waals surface area contributed by atoms with Gasteiger partial charge in [-0.2, -0.15) is 0 Å². The topological polar surface area (TPSA) is 32.3 Å². The van der Waals surface area contributed by atoms with Crippen molar-refractivity contribution >= 4 is 44.8 Å². The van der Waals surface area contributed by atoms with Crippen molar-refractivity contribution in [1.29, 1.82) is 0 Å². The van der Waals surface area contributed by atoms with Crippen LogP contribution in [0.2, 0.25) is 4.34 Å². The Hall–Kier alpha value is -0.880. The van der Waals surface area contributed by atoms with Crippen LogP contribution in [0.5, 0.6) is 0 Å². The third-order valence-electron chi connectivity index (χ3n) is 3.22. The molecule has 6 heteroatoms. The van der Waals surface area contributed by atoms with Crippen LogP contribution in [0, 0.1) is 0 Å². The summed E-state index contributed by atoms with van der Waals surface area (Å²) in [6, 6.07) is 11.8. The molecule has 0 aliphatic carbocycles. The zero-order chi connectivity index (χ0) is 16.1. The molecule has 0 spiro atoms. The zero-order valence-corrected chi connectivity index (χ0v) is 15.6. The van der Waals surface area contributed by atoms with Crippen molar-refractivity contribution in [1.82, 2.24) is 10.2 Å². The molecule has 1 aromatic heterocycles. The van der Waals surface area contributed by atoms with Crippen LogP contribution in [0.4, 0.5) is 0 Å². The molecule has 0 aliphatic heterocycles. The maximum Gasteiger partial charge on any atom is 0.234 e. The highest BCUT2D eigenvalue weighted by Gasteiger charge is 2.12. The molecule has 0 radical (unpaired) electrons. The predicted octanol–water partition coefficient (Wildman–Crippen LogP) is 4.47. The predicted molar refractivity (Wildman–Crippen MR) is 96.4 cm³/mol. The van der Waals surface area contributed by atoms with E-state index in [4.69, 9.17) is 11.6 Å². The van der Waals surface area contributed by atoms with E-state index in [9.17, 15) is 4.79 Å². The molecule has 0 unspecified atom stereocenters. The van der Waals surface area contributed by atoms with Crippen LogP contribution >= 0.6 is 38.9 Å². The third kappa shape index (κ3) is 5.39. The molecule has 0 saturated carbocycles. The minimum absolute atomic E-state index is 0.00909. The van der Waals surface area contributed by atoms with Gasteiger partial charge in [0.15, 0.2) is 0 Å². The Morgan fingerprint density at radius 1 is 1.32 bits per heavy atom. The molecule has 1 atom stereocenters. The van der Waals surface area contributed by atoms with Gasteiger partial charge in [0.1, 0.15) is 0 Å². The number of carbonyl (C=O) groups excluding carboxylic acids is 1. The van der Waals surface area contributed by atoms with Crippen molar-refractivity contribution in [2.45, 2.75) is 19.5 Å². The summed E-state index contributed by atoms with van der Waals surface area (Å²) in [4.78, 5) is 15.2. The molecule has 1 N–H and O–H groups in total. The summed E-state index contributed by atoms with van der Waals surface area (Å²) in [7, 11) is 1.93. The van der Waals surface area contributed by atoms with Crippen molar-refractivity contribution in [2.75, 3.05) is 13.6 Å². The van der Waals surface area contributed by atoms with Crippen LogP contribution in [0.25, 0.3) is 0 Å². The fraction of sp³-hybridized carbons (Fsp3) is 0.312. The number of nitrogens with zero attached hydrogens (tertiary/aromatic N) is 1. The summed E-state index contributed by atoms with van der Waals surface area (Å²) in [5.74, 6) is 0.0144. The normalized spacial score (nSPS) is 12.4. The van der Waals surface area contributed by atoms with Gasteiger partial charge in [0.25, 0.3) is 0 Å². The van der Waals surface area contributed by atoms with Crippen molar-refractivity contribution in [3.05, 3.63) is 55.6 Å². The van der Waals surface area contributed by atoms with Crippen LogP contribution in [0.15, 0.2) is 40.9 Å². The number of hydrogen-bond acceptors (Lipinski definition) is 3. The number of likely N-dealkylation sites (N-methyl/N-ethyl adjacent to an activating group) is 1. The molecule has 2 aromatic rings. The van der Waals surface area contributed by atoms with E-state index in [0.717, 1.165) is 25.8 Å². The fourth-order valence-corrected chi connectivity index (χ4v) is 3.56. The van der Waals surface area contributed by atoms with Gasteiger partial charge in [0, 0.05) is 15.9 Å². The van der Waals surface area contributed by atoms with Crippen molar-refractivity contribution in [3.63, 3.8) is 0 Å². The van der Waals surface area contributed by atoms with Crippen molar-refractivity contribution < 1.29 is 4.79 Å². The van der Waals surface area contributed by atoms with Gasteiger partial charge in [-0.3, -0.25) is 9.69 Å². The maximum absolute atomic E-state index is 12.1. The highest BCUT2D eigenvalue weighted by atomic mass is 79.9. The largest absolute Gasteiger partial charge is 0.348 e. The van der Waals surface area contributed by atoms with E-state index in [-0.39, 0.29) is 11.9 Å². The summed E-state index contributed by atoms with van der Waals surface area (Å²) in [5.41, 5.74) is 1.09. The summed E-state index contributed by atoms with van der Waals surface area (Å²) < 4.78 is 1.81. The zero-order valence-electron chi connectivity index (χ0n) is 12.5. The quantitative estimate of drug-likeness (QED) is 0.774. The average Bonchev–Trinajstić information content (AvgIpc) is 2.84. The molecule has 0 saturated heterocycles. The Morgan fingerprint density at radius 2 is 2.00 bits per heavy atom. The third-order valence-corrected chi connectivity index (χ3v) is 4.96. The van der Waals surface area contributed by atoms with Crippen LogP contribution in [0.1, 0.15) is 23.4 Å². The van der Waals surface area contributed by atoms with Crippen LogP contribution < -0.4 is 5.32 Å². The Balaban J connectivity index is 1.82. The summed E-state index contributed by atoms with van der Waals surface area (Å²) in [5, 5.41) is 3.02. The number of hydrogen-bond donors (Lipinski definition) is 1. The van der Waals surface area contributed by atoms with E-state index >= 15 is 0 Å². The number of nitrogens with one attached hydrogen (secondary N) is 1. The number of carbonyl (C=O) groups is 1. The molecular weight excluding hydrogens is 384 g/mol. The lowest BCUT2D eigenvalue weighted by atomic mass is 10.1. The Kier molecular flexibility index (Phi) is 6.44. The number of amides is 1. The minimum atomic E-state index is -0.00909. The first-order valence-corrected chi connectivity index (χ1v) is 8.90. The standard InChI is InChI=1S/C16H18BrClN2OS/c1-11(12-3-5-13(17)6-4-12)19-16(21)10-20(2)9-14-7-8-15(18)22-14/h3-8,11H,9-10H2,1-2H3,(H,19,21)/t11-/m0/s1. The second-order valence-electron chi connectivity index (χ2n) is 5.22. The second-order valence-corrected chi connectivity index (χ2v) is 7.93. The number of rotatable bonds is 6. The number of benzene rings is 1. The van der Waals surface area contributed by atoms with E-state index in [1.54, 1.807) is 11.3 Å². The highest BCUT2D eigenvalue weighted by Crippen LogP contribution is 2.22. The molecule has 0 bridgehead atoms. The number of thiophene rings is 1. The van der Waals surface area contributed by atoms with E-state index in [2.05, 4.69) is 21.2 Å². The average molecular weight is 402 g/mol. The molecule has 2 rings (SSSR count). The molecule has 0 fully saturated rings. The first kappa shape index (κ1) is 17.5. The lowest BCUT2D eigenvalue weighted by molar-refractivity contribution is -0.122. The molecule has 22 heavy (non-hydrogen) atoms. The summed E-state index contributed by atoms with van der Waals surface area (Å²) >= 11 is 10.9. The Labute approximate surface area is 148 Å². The minimum Gasteiger partial charge on any atom is -0.348 e. The molecule has 1 amide bonds. The molecule has 1 heterocycles. The lowest BCUT2D eigenvalue weighted by Gasteiger charge is -2.18. The van der Waals surface area contributed by atoms with Crippen LogP contribution in [-0.4, -0.2) is 24.4 Å². The van der Waals surface area contributed by atoms with Crippen molar-refractivity contribution in [2.24, 2.45) is 0 Å². The highest BCUT2D eigenvalue weighted by molar-refractivity contribution is 9.10. The van der Waals surface area contributed by atoms with E-state index < -0.39 is 0 Å². The monoisotopic (exact) mass is 400 g/mol. The molecule has 3 nitrogen and oxygen atoms in total. The molecular formula is C16H18BrClN2OS. The smallest absolute Gasteiger partial charge is 0.234 e. The van der Waals surface area contributed by atoms with Gasteiger partial charge < -0.3 is 5.32 Å². The SMILES string of the molecule is C[C@H](NC(=O)CN(C)Cc1ccc(Cl)s1)c1ccc(Br)cc1. The Bertz CT molecular complexity index is 629. The van der Waals surface area contributed by atoms with Gasteiger partial charge in [-0.25, -0.2) is 0 Å². The van der Waals surface area contributed by atoms with Gasteiger partial charge in [-0.15, -0.1) is 11.3 Å². The van der Waals surface area contributed by atoms with Gasteiger partial charge >= 0.3 is 0 Å². The van der Waals surface area contributed by atoms with Gasteiger partial charge in [-0.1, -0.05) is 39.7 Å². The van der Waals surface area contributed by atoms with E-state index in [0.29, 0.717) is 6.54 Å².